The number of rotatable bonds is 5. The topological polar surface area (TPSA) is 91.4 Å². The predicted molar refractivity (Wildman–Crippen MR) is 129 cm³/mol. The van der Waals surface area contributed by atoms with Gasteiger partial charge in [-0.3, -0.25) is 9.69 Å². The second-order valence-electron chi connectivity index (χ2n) is 8.86. The summed E-state index contributed by atoms with van der Waals surface area (Å²) in [5, 5.41) is 2.89. The van der Waals surface area contributed by atoms with Gasteiger partial charge in [0, 0.05) is 26.2 Å². The Morgan fingerprint density at radius 1 is 1.06 bits per heavy atom. The average molecular weight is 477 g/mol. The number of para-hydroxylation sites is 2. The van der Waals surface area contributed by atoms with E-state index in [-0.39, 0.29) is 19.1 Å². The normalized spacial score (nSPS) is 19.9. The van der Waals surface area contributed by atoms with Gasteiger partial charge in [-0.05, 0) is 24.6 Å². The lowest BCUT2D eigenvalue weighted by Gasteiger charge is -2.38. The zero-order valence-electron chi connectivity index (χ0n) is 19.8. The van der Waals surface area contributed by atoms with Crippen molar-refractivity contribution in [3.8, 4) is 5.75 Å². The molecular weight excluding hydrogens is 448 g/mol. The Morgan fingerprint density at radius 2 is 1.77 bits per heavy atom. The van der Waals surface area contributed by atoms with E-state index < -0.39 is 18.0 Å². The maximum Gasteiger partial charge on any atom is 0.338 e. The number of cyclic esters (lactones) is 1. The van der Waals surface area contributed by atoms with Gasteiger partial charge in [0.2, 0.25) is 5.91 Å². The lowest BCUT2D eigenvalue weighted by molar-refractivity contribution is -0.136. The molecule has 3 aliphatic heterocycles. The third kappa shape index (κ3) is 4.29. The first-order chi connectivity index (χ1) is 17.0. The van der Waals surface area contributed by atoms with Crippen LogP contribution in [0.3, 0.4) is 0 Å². The van der Waals surface area contributed by atoms with Crippen LogP contribution in [-0.4, -0.2) is 74.1 Å². The summed E-state index contributed by atoms with van der Waals surface area (Å²) in [4.78, 5) is 44.0. The van der Waals surface area contributed by atoms with Crippen molar-refractivity contribution < 1.29 is 23.9 Å². The maximum atomic E-state index is 13.1. The van der Waals surface area contributed by atoms with Crippen molar-refractivity contribution in [1.29, 1.82) is 0 Å². The first kappa shape index (κ1) is 22.8. The molecular formula is C26H28N4O5. The fraction of sp³-hybridized carbons (Fsp3) is 0.346. The minimum absolute atomic E-state index is 0.0151. The molecule has 1 atom stereocenters. The van der Waals surface area contributed by atoms with Crippen LogP contribution in [0.15, 0.2) is 59.8 Å². The second kappa shape index (κ2) is 9.32. The molecule has 3 aliphatic rings. The number of carbonyl (C=O) groups excluding carboxylic acids is 3. The Balaban J connectivity index is 1.29. The Labute approximate surface area is 203 Å². The summed E-state index contributed by atoms with van der Waals surface area (Å²) in [6.07, 6.45) is 0. The van der Waals surface area contributed by atoms with E-state index in [1.165, 1.54) is 4.90 Å². The number of carbonyl (C=O) groups is 3. The summed E-state index contributed by atoms with van der Waals surface area (Å²) < 4.78 is 10.7. The first-order valence-electron chi connectivity index (χ1n) is 11.7. The molecule has 5 rings (SSSR count). The van der Waals surface area contributed by atoms with Crippen molar-refractivity contribution in [3.05, 3.63) is 70.9 Å². The predicted octanol–water partition coefficient (Wildman–Crippen LogP) is 2.23. The SMILES string of the molecule is COc1ccccc1N1CCN(C(=O)CN2C(=O)NC(c3ccc(C)cc3)C3=C2COC3=O)CC1. The molecule has 1 fully saturated rings. The van der Waals surface area contributed by atoms with Gasteiger partial charge in [0.15, 0.2) is 0 Å². The number of nitrogens with one attached hydrogen (secondary N) is 1. The fourth-order valence-corrected chi connectivity index (χ4v) is 4.81. The quantitative estimate of drug-likeness (QED) is 0.666. The second-order valence-corrected chi connectivity index (χ2v) is 8.86. The number of benzene rings is 2. The summed E-state index contributed by atoms with van der Waals surface area (Å²) in [5.74, 6) is 0.166. The number of esters is 1. The van der Waals surface area contributed by atoms with Gasteiger partial charge < -0.3 is 24.6 Å². The number of aryl methyl sites for hydroxylation is 1. The van der Waals surface area contributed by atoms with Gasteiger partial charge in [0.25, 0.3) is 0 Å². The highest BCUT2D eigenvalue weighted by Crippen LogP contribution is 2.35. The Kier molecular flexibility index (Phi) is 6.07. The van der Waals surface area contributed by atoms with Crippen molar-refractivity contribution in [3.63, 3.8) is 0 Å². The molecule has 2 aromatic rings. The van der Waals surface area contributed by atoms with Crippen LogP contribution in [0.5, 0.6) is 5.75 Å². The highest BCUT2D eigenvalue weighted by Gasteiger charge is 2.43. The third-order valence-corrected chi connectivity index (χ3v) is 6.76. The number of urea groups is 1. The molecule has 0 bridgehead atoms. The molecule has 3 heterocycles. The maximum absolute atomic E-state index is 13.1. The van der Waals surface area contributed by atoms with E-state index in [0.29, 0.717) is 37.4 Å². The van der Waals surface area contributed by atoms with Crippen molar-refractivity contribution in [2.75, 3.05) is 51.3 Å². The zero-order valence-corrected chi connectivity index (χ0v) is 19.8. The largest absolute Gasteiger partial charge is 0.495 e. The van der Waals surface area contributed by atoms with Gasteiger partial charge in [0.1, 0.15) is 18.9 Å². The fourth-order valence-electron chi connectivity index (χ4n) is 4.81. The molecule has 35 heavy (non-hydrogen) atoms. The van der Waals surface area contributed by atoms with Gasteiger partial charge in [-0.2, -0.15) is 0 Å². The number of nitrogens with zero attached hydrogens (tertiary/aromatic N) is 3. The minimum atomic E-state index is -0.594. The summed E-state index contributed by atoms with van der Waals surface area (Å²) in [7, 11) is 1.64. The van der Waals surface area contributed by atoms with Crippen LogP contribution in [0.4, 0.5) is 10.5 Å². The van der Waals surface area contributed by atoms with E-state index in [9.17, 15) is 14.4 Å². The summed E-state index contributed by atoms with van der Waals surface area (Å²) in [6.45, 7) is 4.18. The van der Waals surface area contributed by atoms with Gasteiger partial charge in [-0.15, -0.1) is 0 Å². The molecule has 1 saturated heterocycles. The molecule has 3 amide bonds. The number of amides is 3. The molecule has 2 aromatic carbocycles. The summed E-state index contributed by atoms with van der Waals surface area (Å²) in [5.41, 5.74) is 3.73. The standard InChI is InChI=1S/C26H28N4O5/c1-17-7-9-18(10-8-17)24-23-20(16-35-25(23)32)30(26(33)27-24)15-22(31)29-13-11-28(12-14-29)19-5-3-4-6-21(19)34-2/h3-10,24H,11-16H2,1-2H3,(H,27,33). The Bertz CT molecular complexity index is 1180. The van der Waals surface area contributed by atoms with Crippen LogP contribution in [-0.2, 0) is 14.3 Å². The number of hydrogen-bond donors (Lipinski definition) is 1. The smallest absolute Gasteiger partial charge is 0.338 e. The zero-order chi connectivity index (χ0) is 24.5. The van der Waals surface area contributed by atoms with E-state index in [0.717, 1.165) is 22.6 Å². The molecule has 9 heteroatoms. The minimum Gasteiger partial charge on any atom is -0.495 e. The average Bonchev–Trinajstić information content (AvgIpc) is 3.27. The molecule has 0 aliphatic carbocycles. The van der Waals surface area contributed by atoms with Crippen molar-refractivity contribution in [2.45, 2.75) is 13.0 Å². The highest BCUT2D eigenvalue weighted by molar-refractivity contribution is 5.98. The molecule has 9 nitrogen and oxygen atoms in total. The summed E-state index contributed by atoms with van der Waals surface area (Å²) in [6, 6.07) is 14.5. The van der Waals surface area contributed by atoms with Gasteiger partial charge in [-0.1, -0.05) is 42.0 Å². The number of ether oxygens (including phenoxy) is 2. The lowest BCUT2D eigenvalue weighted by atomic mass is 9.95. The first-order valence-corrected chi connectivity index (χ1v) is 11.7. The van der Waals surface area contributed by atoms with Crippen LogP contribution in [0, 0.1) is 6.92 Å². The van der Waals surface area contributed by atoms with E-state index in [2.05, 4.69) is 10.2 Å². The molecule has 0 radical (unpaired) electrons. The van der Waals surface area contributed by atoms with Crippen LogP contribution >= 0.6 is 0 Å². The monoisotopic (exact) mass is 476 g/mol. The molecule has 182 valence electrons. The van der Waals surface area contributed by atoms with Gasteiger partial charge >= 0.3 is 12.0 Å². The van der Waals surface area contributed by atoms with Crippen molar-refractivity contribution in [2.24, 2.45) is 0 Å². The highest BCUT2D eigenvalue weighted by atomic mass is 16.5. The molecule has 1 unspecified atom stereocenters. The summed E-state index contributed by atoms with van der Waals surface area (Å²) >= 11 is 0. The number of methoxy groups -OCH3 is 1. The van der Waals surface area contributed by atoms with Gasteiger partial charge in [-0.25, -0.2) is 9.59 Å². The number of hydrogen-bond acceptors (Lipinski definition) is 6. The molecule has 0 aromatic heterocycles. The van der Waals surface area contributed by atoms with Crippen molar-refractivity contribution >= 4 is 23.6 Å². The Morgan fingerprint density at radius 3 is 2.49 bits per heavy atom. The van der Waals surface area contributed by atoms with E-state index in [1.807, 2.05) is 55.5 Å². The lowest BCUT2D eigenvalue weighted by Crippen LogP contribution is -2.54. The van der Waals surface area contributed by atoms with Crippen LogP contribution in [0.1, 0.15) is 17.2 Å². The number of piperazine rings is 1. The van der Waals surface area contributed by atoms with Crippen LogP contribution in [0.2, 0.25) is 0 Å². The van der Waals surface area contributed by atoms with Crippen molar-refractivity contribution in [1.82, 2.24) is 15.1 Å². The Hall–Kier alpha value is -4.01. The third-order valence-electron chi connectivity index (χ3n) is 6.76. The van der Waals surface area contributed by atoms with Crippen LogP contribution < -0.4 is 15.0 Å². The van der Waals surface area contributed by atoms with E-state index >= 15 is 0 Å². The molecule has 0 spiro atoms. The van der Waals surface area contributed by atoms with E-state index in [1.54, 1.807) is 12.0 Å². The molecule has 1 N–H and O–H groups in total. The molecule has 0 saturated carbocycles. The number of anilines is 1. The van der Waals surface area contributed by atoms with Crippen LogP contribution in [0.25, 0.3) is 0 Å². The van der Waals surface area contributed by atoms with Gasteiger partial charge in [0.05, 0.1) is 30.1 Å². The van der Waals surface area contributed by atoms with E-state index in [4.69, 9.17) is 9.47 Å².